The Hall–Kier alpha value is -1.63. The van der Waals surface area contributed by atoms with Crippen LogP contribution < -0.4 is 20.1 Å². The van der Waals surface area contributed by atoms with E-state index in [9.17, 15) is 0 Å². The summed E-state index contributed by atoms with van der Waals surface area (Å²) in [4.78, 5) is 14.6. The van der Waals surface area contributed by atoms with Gasteiger partial charge < -0.3 is 20.1 Å². The van der Waals surface area contributed by atoms with Gasteiger partial charge in [-0.25, -0.2) is 0 Å². The van der Waals surface area contributed by atoms with Gasteiger partial charge in [-0.2, -0.15) is 9.97 Å². The Morgan fingerprint density at radius 2 is 1.78 bits per heavy atom. The molecule has 7 nitrogen and oxygen atoms in total. The van der Waals surface area contributed by atoms with Crippen LogP contribution in [-0.4, -0.2) is 47.8 Å². The molecule has 0 amide bonds. The summed E-state index contributed by atoms with van der Waals surface area (Å²) in [6, 6.07) is 1.07. The van der Waals surface area contributed by atoms with Crippen molar-refractivity contribution >= 4 is 5.95 Å². The topological polar surface area (TPSA) is 86.4 Å². The fourth-order valence-electron chi connectivity index (χ4n) is 2.14. The van der Waals surface area contributed by atoms with Gasteiger partial charge in [0.05, 0.1) is 14.2 Å². The molecule has 2 rings (SSSR count). The van der Waals surface area contributed by atoms with Crippen LogP contribution in [0.5, 0.6) is 12.0 Å². The Balaban J connectivity index is 2.26. The van der Waals surface area contributed by atoms with Crippen molar-refractivity contribution in [2.75, 3.05) is 25.7 Å². The molecule has 1 aromatic heterocycles. The van der Waals surface area contributed by atoms with E-state index < -0.39 is 0 Å². The summed E-state index contributed by atoms with van der Waals surface area (Å²) in [5.41, 5.74) is 5.95. The molecule has 7 heteroatoms. The normalized spacial score (nSPS) is 23.9. The molecule has 0 bridgehead atoms. The second-order valence-corrected chi connectivity index (χ2v) is 4.44. The highest BCUT2D eigenvalue weighted by atomic mass is 16.5. The number of anilines is 1. The van der Waals surface area contributed by atoms with E-state index in [0.717, 1.165) is 19.4 Å². The third-order valence-corrected chi connectivity index (χ3v) is 3.12. The predicted molar refractivity (Wildman–Crippen MR) is 66.9 cm³/mol. The molecule has 1 saturated heterocycles. The largest absolute Gasteiger partial charge is 0.467 e. The summed E-state index contributed by atoms with van der Waals surface area (Å²) in [6.07, 6.45) is 1.86. The number of hydrogen-bond acceptors (Lipinski definition) is 7. The molecule has 0 radical (unpaired) electrons. The first-order valence-corrected chi connectivity index (χ1v) is 6.00. The van der Waals surface area contributed by atoms with Crippen LogP contribution in [-0.2, 0) is 0 Å². The van der Waals surface area contributed by atoms with Gasteiger partial charge in [0.2, 0.25) is 5.95 Å². The second kappa shape index (κ2) is 5.34. The monoisotopic (exact) mass is 253 g/mol. The Kier molecular flexibility index (Phi) is 3.81. The SMILES string of the molecule is COc1nc(OC)nc(N2CCC(N)CC2C)n1. The number of piperidine rings is 1. The lowest BCUT2D eigenvalue weighted by Crippen LogP contribution is -2.46. The lowest BCUT2D eigenvalue weighted by atomic mass is 10.00. The van der Waals surface area contributed by atoms with Crippen molar-refractivity contribution in [2.45, 2.75) is 31.8 Å². The molecule has 2 heterocycles. The Bertz CT molecular complexity index is 392. The first-order chi connectivity index (χ1) is 8.63. The van der Waals surface area contributed by atoms with Crippen molar-refractivity contribution < 1.29 is 9.47 Å². The van der Waals surface area contributed by atoms with E-state index in [1.54, 1.807) is 0 Å². The zero-order valence-corrected chi connectivity index (χ0v) is 11.0. The van der Waals surface area contributed by atoms with Crippen molar-refractivity contribution in [1.82, 2.24) is 15.0 Å². The average molecular weight is 253 g/mol. The zero-order valence-electron chi connectivity index (χ0n) is 11.0. The molecule has 1 aromatic rings. The third kappa shape index (κ3) is 2.61. The van der Waals surface area contributed by atoms with Crippen LogP contribution in [0.4, 0.5) is 5.95 Å². The maximum Gasteiger partial charge on any atom is 0.324 e. The van der Waals surface area contributed by atoms with Crippen molar-refractivity contribution in [3.8, 4) is 12.0 Å². The highest BCUT2D eigenvalue weighted by Crippen LogP contribution is 2.23. The van der Waals surface area contributed by atoms with Crippen LogP contribution in [0.2, 0.25) is 0 Å². The summed E-state index contributed by atoms with van der Waals surface area (Å²) in [5.74, 6) is 0.582. The quantitative estimate of drug-likeness (QED) is 0.823. The molecule has 0 aliphatic carbocycles. The van der Waals surface area contributed by atoms with Crippen LogP contribution >= 0.6 is 0 Å². The molecule has 0 spiro atoms. The predicted octanol–water partition coefficient (Wildman–Crippen LogP) is 0.205. The van der Waals surface area contributed by atoms with E-state index in [-0.39, 0.29) is 18.1 Å². The molecule has 2 atom stereocenters. The lowest BCUT2D eigenvalue weighted by molar-refractivity contribution is 0.336. The van der Waals surface area contributed by atoms with Gasteiger partial charge in [0.1, 0.15) is 0 Å². The minimum absolute atomic E-state index is 0.252. The van der Waals surface area contributed by atoms with Gasteiger partial charge in [-0.05, 0) is 19.8 Å². The number of ether oxygens (including phenoxy) is 2. The number of nitrogens with two attached hydrogens (primary N) is 1. The summed E-state index contributed by atoms with van der Waals surface area (Å²) in [7, 11) is 3.04. The summed E-state index contributed by atoms with van der Waals surface area (Å²) in [6.45, 7) is 2.94. The molecular weight excluding hydrogens is 234 g/mol. The number of hydrogen-bond donors (Lipinski definition) is 1. The van der Waals surface area contributed by atoms with Crippen LogP contribution in [0.3, 0.4) is 0 Å². The third-order valence-electron chi connectivity index (χ3n) is 3.12. The van der Waals surface area contributed by atoms with E-state index in [4.69, 9.17) is 15.2 Å². The summed E-state index contributed by atoms with van der Waals surface area (Å²) in [5, 5.41) is 0. The fraction of sp³-hybridized carbons (Fsp3) is 0.727. The van der Waals surface area contributed by atoms with Gasteiger partial charge in [-0.1, -0.05) is 0 Å². The first kappa shape index (κ1) is 12.8. The molecule has 1 fully saturated rings. The average Bonchev–Trinajstić information content (AvgIpc) is 2.38. The maximum atomic E-state index is 5.95. The highest BCUT2D eigenvalue weighted by molar-refractivity contribution is 5.34. The maximum absolute atomic E-state index is 5.95. The lowest BCUT2D eigenvalue weighted by Gasteiger charge is -2.36. The van der Waals surface area contributed by atoms with Crippen molar-refractivity contribution in [2.24, 2.45) is 5.73 Å². The Morgan fingerprint density at radius 3 is 2.28 bits per heavy atom. The molecule has 100 valence electrons. The molecular formula is C11H19N5O2. The first-order valence-electron chi connectivity index (χ1n) is 6.00. The van der Waals surface area contributed by atoms with Crippen LogP contribution in [0.25, 0.3) is 0 Å². The standard InChI is InChI=1S/C11H19N5O2/c1-7-6-8(12)4-5-16(7)9-13-10(17-2)15-11(14-9)18-3/h7-8H,4-6,12H2,1-3H3. The van der Waals surface area contributed by atoms with Gasteiger partial charge in [0, 0.05) is 18.6 Å². The molecule has 2 N–H and O–H groups in total. The molecule has 0 aromatic carbocycles. The van der Waals surface area contributed by atoms with Crippen molar-refractivity contribution in [3.63, 3.8) is 0 Å². The van der Waals surface area contributed by atoms with Gasteiger partial charge >= 0.3 is 12.0 Å². The minimum Gasteiger partial charge on any atom is -0.467 e. The summed E-state index contributed by atoms with van der Waals surface area (Å²) < 4.78 is 10.1. The number of rotatable bonds is 3. The molecule has 1 aliphatic rings. The van der Waals surface area contributed by atoms with Gasteiger partial charge in [-0.15, -0.1) is 4.98 Å². The van der Waals surface area contributed by atoms with Crippen molar-refractivity contribution in [3.05, 3.63) is 0 Å². The molecule has 1 aliphatic heterocycles. The molecule has 0 saturated carbocycles. The van der Waals surface area contributed by atoms with E-state index >= 15 is 0 Å². The number of nitrogens with zero attached hydrogens (tertiary/aromatic N) is 4. The Morgan fingerprint density at radius 1 is 1.17 bits per heavy atom. The van der Waals surface area contributed by atoms with E-state index in [2.05, 4.69) is 26.8 Å². The zero-order chi connectivity index (χ0) is 13.1. The van der Waals surface area contributed by atoms with E-state index in [1.807, 2.05) is 0 Å². The van der Waals surface area contributed by atoms with Gasteiger partial charge in [0.25, 0.3) is 0 Å². The second-order valence-electron chi connectivity index (χ2n) is 4.44. The highest BCUT2D eigenvalue weighted by Gasteiger charge is 2.26. The number of aromatic nitrogens is 3. The van der Waals surface area contributed by atoms with Gasteiger partial charge in [0.15, 0.2) is 0 Å². The molecule has 2 unspecified atom stereocenters. The smallest absolute Gasteiger partial charge is 0.324 e. The van der Waals surface area contributed by atoms with Crippen molar-refractivity contribution in [1.29, 1.82) is 0 Å². The van der Waals surface area contributed by atoms with E-state index in [1.165, 1.54) is 14.2 Å². The minimum atomic E-state index is 0.252. The fourth-order valence-corrected chi connectivity index (χ4v) is 2.14. The van der Waals surface area contributed by atoms with E-state index in [0.29, 0.717) is 12.0 Å². The van der Waals surface area contributed by atoms with Crippen LogP contribution in [0.1, 0.15) is 19.8 Å². The van der Waals surface area contributed by atoms with Crippen LogP contribution in [0, 0.1) is 0 Å². The summed E-state index contributed by atoms with van der Waals surface area (Å²) >= 11 is 0. The molecule has 18 heavy (non-hydrogen) atoms. The van der Waals surface area contributed by atoms with Gasteiger partial charge in [-0.3, -0.25) is 0 Å². The number of methoxy groups -OCH3 is 2. The van der Waals surface area contributed by atoms with Crippen LogP contribution in [0.15, 0.2) is 0 Å². The Labute approximate surface area is 106 Å².